The van der Waals surface area contributed by atoms with Crippen LogP contribution in [-0.4, -0.2) is 23.0 Å². The lowest BCUT2D eigenvalue weighted by molar-refractivity contribution is 0.465. The van der Waals surface area contributed by atoms with Gasteiger partial charge in [-0.15, -0.1) is 0 Å². The summed E-state index contributed by atoms with van der Waals surface area (Å²) in [6.07, 6.45) is 1.87. The fourth-order valence-corrected chi connectivity index (χ4v) is 0.841. The lowest BCUT2D eigenvalue weighted by Gasteiger charge is -1.96. The highest BCUT2D eigenvalue weighted by Gasteiger charge is 1.94. The van der Waals surface area contributed by atoms with Crippen LogP contribution in [0.25, 0.3) is 0 Å². The Morgan fingerprint density at radius 2 is 2.55 bits per heavy atom. The highest BCUT2D eigenvalue weighted by atomic mass is 19.1. The van der Waals surface area contributed by atoms with Crippen molar-refractivity contribution in [3.8, 4) is 0 Å². The van der Waals surface area contributed by atoms with Gasteiger partial charge in [-0.1, -0.05) is 0 Å². The smallest absolute Gasteiger partial charge is 0.102 e. The van der Waals surface area contributed by atoms with Gasteiger partial charge >= 0.3 is 0 Å². The molecule has 0 radical (unpaired) electrons. The van der Waals surface area contributed by atoms with Crippen LogP contribution >= 0.6 is 0 Å². The molecule has 4 heteroatoms. The van der Waals surface area contributed by atoms with Crippen LogP contribution < -0.4 is 5.32 Å². The minimum absolute atomic E-state index is 0.327. The number of hydrogen-bond acceptors (Lipinski definition) is 2. The van der Waals surface area contributed by atoms with Crippen LogP contribution in [0.1, 0.15) is 5.69 Å². The highest BCUT2D eigenvalue weighted by molar-refractivity contribution is 4.97. The molecule has 0 atom stereocenters. The van der Waals surface area contributed by atoms with Gasteiger partial charge in [-0.05, 0) is 6.07 Å². The van der Waals surface area contributed by atoms with Gasteiger partial charge in [0, 0.05) is 26.3 Å². The van der Waals surface area contributed by atoms with Crippen LogP contribution in [0.2, 0.25) is 0 Å². The second kappa shape index (κ2) is 4.08. The number of halogens is 1. The third-order valence-corrected chi connectivity index (χ3v) is 1.35. The van der Waals surface area contributed by atoms with Crippen molar-refractivity contribution in [2.75, 3.05) is 13.2 Å². The average Bonchev–Trinajstić information content (AvgIpc) is 2.37. The molecule has 0 amide bonds. The van der Waals surface area contributed by atoms with E-state index in [1.54, 1.807) is 4.68 Å². The molecule has 11 heavy (non-hydrogen) atoms. The van der Waals surface area contributed by atoms with Gasteiger partial charge in [-0.2, -0.15) is 5.10 Å². The first-order valence-corrected chi connectivity index (χ1v) is 3.58. The summed E-state index contributed by atoms with van der Waals surface area (Å²) in [6, 6.07) is 1.91. The zero-order valence-corrected chi connectivity index (χ0v) is 6.55. The highest BCUT2D eigenvalue weighted by Crippen LogP contribution is 1.91. The summed E-state index contributed by atoms with van der Waals surface area (Å²) in [5, 5.41) is 7.03. The van der Waals surface area contributed by atoms with Crippen LogP contribution in [0.15, 0.2) is 12.3 Å². The molecule has 0 saturated heterocycles. The predicted octanol–water partition coefficient (Wildman–Crippen LogP) is 0.479. The van der Waals surface area contributed by atoms with Gasteiger partial charge in [-0.25, -0.2) is 4.39 Å². The maximum absolute atomic E-state index is 11.6. The molecule has 1 aromatic heterocycles. The van der Waals surface area contributed by atoms with Crippen LogP contribution in [-0.2, 0) is 13.6 Å². The Bertz CT molecular complexity index is 209. The van der Waals surface area contributed by atoms with E-state index in [0.29, 0.717) is 13.1 Å². The molecule has 0 saturated carbocycles. The number of aromatic nitrogens is 2. The minimum Gasteiger partial charge on any atom is -0.308 e. The Hall–Kier alpha value is -0.900. The lowest BCUT2D eigenvalue weighted by Crippen LogP contribution is -2.16. The summed E-state index contributed by atoms with van der Waals surface area (Å²) in [6.45, 7) is 0.716. The Labute approximate surface area is 65.2 Å². The van der Waals surface area contributed by atoms with Gasteiger partial charge in [0.1, 0.15) is 6.67 Å². The first-order chi connectivity index (χ1) is 5.33. The second-order valence-electron chi connectivity index (χ2n) is 2.35. The standard InChI is InChI=1S/C7H12FN3/c1-11-5-2-7(10-11)6-9-4-3-8/h2,5,9H,3-4,6H2,1H3. The van der Waals surface area contributed by atoms with E-state index >= 15 is 0 Å². The van der Waals surface area contributed by atoms with Crippen molar-refractivity contribution in [1.82, 2.24) is 15.1 Å². The molecule has 0 unspecified atom stereocenters. The van der Waals surface area contributed by atoms with E-state index in [-0.39, 0.29) is 6.67 Å². The molecule has 0 bridgehead atoms. The normalized spacial score (nSPS) is 10.4. The molecule has 0 aromatic carbocycles. The molecule has 0 spiro atoms. The van der Waals surface area contributed by atoms with Crippen molar-refractivity contribution in [3.63, 3.8) is 0 Å². The summed E-state index contributed by atoms with van der Waals surface area (Å²) < 4.78 is 13.3. The van der Waals surface area contributed by atoms with Gasteiger partial charge in [0.25, 0.3) is 0 Å². The van der Waals surface area contributed by atoms with Gasteiger partial charge < -0.3 is 5.32 Å². The fourth-order valence-electron chi connectivity index (χ4n) is 0.841. The van der Waals surface area contributed by atoms with Gasteiger partial charge in [0.15, 0.2) is 0 Å². The van der Waals surface area contributed by atoms with Crippen molar-refractivity contribution in [2.45, 2.75) is 6.54 Å². The third kappa shape index (κ3) is 2.67. The largest absolute Gasteiger partial charge is 0.308 e. The first-order valence-electron chi connectivity index (χ1n) is 3.58. The molecule has 0 aliphatic carbocycles. The van der Waals surface area contributed by atoms with Crippen molar-refractivity contribution in [1.29, 1.82) is 0 Å². The van der Waals surface area contributed by atoms with E-state index in [4.69, 9.17) is 0 Å². The van der Waals surface area contributed by atoms with Crippen molar-refractivity contribution >= 4 is 0 Å². The van der Waals surface area contributed by atoms with Crippen LogP contribution in [0.3, 0.4) is 0 Å². The lowest BCUT2D eigenvalue weighted by atomic mass is 10.4. The van der Waals surface area contributed by atoms with Crippen LogP contribution in [0.5, 0.6) is 0 Å². The number of nitrogens with zero attached hydrogens (tertiary/aromatic N) is 2. The summed E-state index contributed by atoms with van der Waals surface area (Å²) in [5.41, 5.74) is 0.945. The van der Waals surface area contributed by atoms with Crippen molar-refractivity contribution in [2.24, 2.45) is 7.05 Å². The molecule has 0 aliphatic rings. The maximum Gasteiger partial charge on any atom is 0.102 e. The number of aryl methyl sites for hydroxylation is 1. The topological polar surface area (TPSA) is 29.9 Å². The van der Waals surface area contributed by atoms with E-state index in [1.165, 1.54) is 0 Å². The van der Waals surface area contributed by atoms with E-state index < -0.39 is 0 Å². The van der Waals surface area contributed by atoms with Crippen LogP contribution in [0, 0.1) is 0 Å². The summed E-state index contributed by atoms with van der Waals surface area (Å²) in [5.74, 6) is 0. The molecule has 1 aromatic rings. The molecule has 1 N–H and O–H groups in total. The number of alkyl halides is 1. The van der Waals surface area contributed by atoms with Gasteiger partial charge in [-0.3, -0.25) is 4.68 Å². The van der Waals surface area contributed by atoms with E-state index in [2.05, 4.69) is 10.4 Å². The molecule has 3 nitrogen and oxygen atoms in total. The predicted molar refractivity (Wildman–Crippen MR) is 40.9 cm³/mol. The summed E-state index contributed by atoms with van der Waals surface area (Å²) in [7, 11) is 1.86. The monoisotopic (exact) mass is 157 g/mol. The third-order valence-electron chi connectivity index (χ3n) is 1.35. The Morgan fingerprint density at radius 1 is 1.73 bits per heavy atom. The first kappa shape index (κ1) is 8.20. The molecular formula is C7H12FN3. The van der Waals surface area contributed by atoms with Gasteiger partial charge in [0.2, 0.25) is 0 Å². The SMILES string of the molecule is Cn1ccc(CNCCF)n1. The van der Waals surface area contributed by atoms with E-state index in [9.17, 15) is 4.39 Å². The Morgan fingerprint density at radius 3 is 3.09 bits per heavy atom. The number of hydrogen-bond donors (Lipinski definition) is 1. The zero-order chi connectivity index (χ0) is 8.10. The molecule has 1 heterocycles. The second-order valence-corrected chi connectivity index (χ2v) is 2.35. The van der Waals surface area contributed by atoms with E-state index in [0.717, 1.165) is 5.69 Å². The molecule has 1 rings (SSSR count). The Kier molecular flexibility index (Phi) is 3.04. The summed E-state index contributed by atoms with van der Waals surface area (Å²) in [4.78, 5) is 0. The molecule has 0 fully saturated rings. The number of rotatable bonds is 4. The summed E-state index contributed by atoms with van der Waals surface area (Å²) >= 11 is 0. The van der Waals surface area contributed by atoms with Crippen molar-refractivity contribution in [3.05, 3.63) is 18.0 Å². The van der Waals surface area contributed by atoms with E-state index in [1.807, 2.05) is 19.3 Å². The molecule has 62 valence electrons. The minimum atomic E-state index is -0.327. The molecular weight excluding hydrogens is 145 g/mol. The Balaban J connectivity index is 2.27. The number of nitrogens with one attached hydrogen (secondary N) is 1. The fraction of sp³-hybridized carbons (Fsp3) is 0.571. The van der Waals surface area contributed by atoms with Gasteiger partial charge in [0.05, 0.1) is 5.69 Å². The van der Waals surface area contributed by atoms with Crippen LogP contribution in [0.4, 0.5) is 4.39 Å². The maximum atomic E-state index is 11.6. The molecule has 0 aliphatic heterocycles. The van der Waals surface area contributed by atoms with Crippen molar-refractivity contribution < 1.29 is 4.39 Å². The quantitative estimate of drug-likeness (QED) is 0.644. The average molecular weight is 157 g/mol. The zero-order valence-electron chi connectivity index (χ0n) is 6.55.